The molecule has 74 valence electrons. The molecular formula is C10H17NO2. The van der Waals surface area contributed by atoms with Crippen molar-refractivity contribution in [2.45, 2.75) is 26.2 Å². The van der Waals surface area contributed by atoms with Crippen LogP contribution in [0.5, 0.6) is 0 Å². The number of amides is 1. The molecule has 0 aromatic heterocycles. The molecule has 3 heteroatoms. The Morgan fingerprint density at radius 1 is 1.62 bits per heavy atom. The van der Waals surface area contributed by atoms with Crippen LogP contribution >= 0.6 is 0 Å². The van der Waals surface area contributed by atoms with Crippen LogP contribution in [0.3, 0.4) is 0 Å². The molecular weight excluding hydrogens is 166 g/mol. The lowest BCUT2D eigenvalue weighted by Crippen LogP contribution is -2.30. The second-order valence-electron chi connectivity index (χ2n) is 3.25. The van der Waals surface area contributed by atoms with Crippen LogP contribution in [-0.4, -0.2) is 19.2 Å². The first-order valence-electron chi connectivity index (χ1n) is 4.88. The molecule has 0 bridgehead atoms. The molecule has 13 heavy (non-hydrogen) atoms. The summed E-state index contributed by atoms with van der Waals surface area (Å²) in [4.78, 5) is 10.9. The maximum Gasteiger partial charge on any atom is 0.407 e. The van der Waals surface area contributed by atoms with Crippen molar-refractivity contribution in [2.24, 2.45) is 5.92 Å². The third kappa shape index (κ3) is 3.97. The van der Waals surface area contributed by atoms with Crippen molar-refractivity contribution in [3.05, 3.63) is 12.2 Å². The minimum absolute atomic E-state index is 0.294. The van der Waals surface area contributed by atoms with Gasteiger partial charge in [0.2, 0.25) is 0 Å². The van der Waals surface area contributed by atoms with E-state index in [9.17, 15) is 4.79 Å². The molecule has 0 fully saturated rings. The van der Waals surface area contributed by atoms with Gasteiger partial charge in [-0.05, 0) is 32.1 Å². The molecule has 0 aliphatic heterocycles. The topological polar surface area (TPSA) is 38.3 Å². The summed E-state index contributed by atoms with van der Waals surface area (Å²) in [5.41, 5.74) is 0. The van der Waals surface area contributed by atoms with Gasteiger partial charge in [0.05, 0.1) is 6.61 Å². The third-order valence-electron chi connectivity index (χ3n) is 2.19. The minimum Gasteiger partial charge on any atom is -0.450 e. The average molecular weight is 183 g/mol. The van der Waals surface area contributed by atoms with E-state index in [0.717, 1.165) is 19.4 Å². The van der Waals surface area contributed by atoms with Gasteiger partial charge in [-0.15, -0.1) is 0 Å². The Kier molecular flexibility index (Phi) is 4.36. The van der Waals surface area contributed by atoms with Crippen LogP contribution in [0.15, 0.2) is 12.2 Å². The summed E-state index contributed by atoms with van der Waals surface area (Å²) >= 11 is 0. The second-order valence-corrected chi connectivity index (χ2v) is 3.25. The Bertz CT molecular complexity index is 189. The van der Waals surface area contributed by atoms with Crippen molar-refractivity contribution in [3.8, 4) is 0 Å². The van der Waals surface area contributed by atoms with Crippen molar-refractivity contribution in [1.82, 2.24) is 5.32 Å². The number of alkyl carbamates (subject to hydrolysis) is 1. The van der Waals surface area contributed by atoms with E-state index in [2.05, 4.69) is 17.5 Å². The Morgan fingerprint density at radius 3 is 3.08 bits per heavy atom. The molecule has 0 saturated carbocycles. The number of allylic oxidation sites excluding steroid dienone is 2. The minimum atomic E-state index is -0.294. The molecule has 0 aromatic rings. The average Bonchev–Trinajstić information content (AvgIpc) is 2.17. The van der Waals surface area contributed by atoms with Crippen molar-refractivity contribution in [3.63, 3.8) is 0 Å². The molecule has 3 nitrogen and oxygen atoms in total. The molecule has 1 rings (SSSR count). The number of hydrogen-bond donors (Lipinski definition) is 1. The fourth-order valence-corrected chi connectivity index (χ4v) is 1.45. The number of nitrogens with one attached hydrogen (secondary N) is 1. The van der Waals surface area contributed by atoms with E-state index in [1.165, 1.54) is 6.42 Å². The van der Waals surface area contributed by atoms with Crippen molar-refractivity contribution < 1.29 is 9.53 Å². The number of hydrogen-bond acceptors (Lipinski definition) is 2. The fourth-order valence-electron chi connectivity index (χ4n) is 1.45. The van der Waals surface area contributed by atoms with Gasteiger partial charge >= 0.3 is 6.09 Å². The Balaban J connectivity index is 2.11. The van der Waals surface area contributed by atoms with Crippen LogP contribution in [0.25, 0.3) is 0 Å². The van der Waals surface area contributed by atoms with Crippen LogP contribution < -0.4 is 5.32 Å². The molecule has 0 saturated heterocycles. The van der Waals surface area contributed by atoms with Crippen LogP contribution in [0.1, 0.15) is 26.2 Å². The largest absolute Gasteiger partial charge is 0.450 e. The summed E-state index contributed by atoms with van der Waals surface area (Å²) in [5.74, 6) is 0.592. The van der Waals surface area contributed by atoms with Gasteiger partial charge in [0.1, 0.15) is 0 Å². The van der Waals surface area contributed by atoms with E-state index >= 15 is 0 Å². The number of ether oxygens (including phenoxy) is 1. The zero-order valence-electron chi connectivity index (χ0n) is 8.08. The molecule has 0 radical (unpaired) electrons. The van der Waals surface area contributed by atoms with Crippen molar-refractivity contribution in [2.75, 3.05) is 13.2 Å². The number of carbonyl (C=O) groups excluding carboxylic acids is 1. The van der Waals surface area contributed by atoms with E-state index in [1.54, 1.807) is 0 Å². The van der Waals surface area contributed by atoms with E-state index < -0.39 is 0 Å². The molecule has 1 N–H and O–H groups in total. The molecule has 0 unspecified atom stereocenters. The highest BCUT2D eigenvalue weighted by Gasteiger charge is 2.10. The zero-order chi connectivity index (χ0) is 9.52. The predicted molar refractivity (Wildman–Crippen MR) is 51.5 cm³/mol. The van der Waals surface area contributed by atoms with E-state index in [0.29, 0.717) is 12.5 Å². The molecule has 1 atom stereocenters. The monoisotopic (exact) mass is 183 g/mol. The van der Waals surface area contributed by atoms with E-state index in [-0.39, 0.29) is 6.09 Å². The fraction of sp³-hybridized carbons (Fsp3) is 0.700. The second kappa shape index (κ2) is 5.62. The first-order valence-corrected chi connectivity index (χ1v) is 4.88. The molecule has 1 aliphatic rings. The summed E-state index contributed by atoms with van der Waals surface area (Å²) in [6, 6.07) is 0. The van der Waals surface area contributed by atoms with E-state index in [4.69, 9.17) is 4.74 Å². The number of rotatable bonds is 3. The highest BCUT2D eigenvalue weighted by molar-refractivity contribution is 5.66. The molecule has 0 heterocycles. The lowest BCUT2D eigenvalue weighted by molar-refractivity contribution is 0.150. The van der Waals surface area contributed by atoms with E-state index in [1.807, 2.05) is 6.92 Å². The van der Waals surface area contributed by atoms with Gasteiger partial charge < -0.3 is 10.1 Å². The van der Waals surface area contributed by atoms with Crippen LogP contribution in [0.2, 0.25) is 0 Å². The summed E-state index contributed by atoms with van der Waals surface area (Å²) < 4.78 is 4.76. The Hall–Kier alpha value is -0.990. The Morgan fingerprint density at radius 2 is 2.46 bits per heavy atom. The summed E-state index contributed by atoms with van der Waals surface area (Å²) in [6.07, 6.45) is 7.46. The van der Waals surface area contributed by atoms with Gasteiger partial charge in [0, 0.05) is 6.54 Å². The molecule has 0 aromatic carbocycles. The van der Waals surface area contributed by atoms with Gasteiger partial charge in [-0.3, -0.25) is 0 Å². The van der Waals surface area contributed by atoms with Gasteiger partial charge in [-0.2, -0.15) is 0 Å². The maximum atomic E-state index is 10.9. The highest BCUT2D eigenvalue weighted by atomic mass is 16.5. The summed E-state index contributed by atoms with van der Waals surface area (Å²) in [5, 5.41) is 2.76. The Labute approximate surface area is 79.2 Å². The highest BCUT2D eigenvalue weighted by Crippen LogP contribution is 2.16. The van der Waals surface area contributed by atoms with Crippen molar-refractivity contribution >= 4 is 6.09 Å². The quantitative estimate of drug-likeness (QED) is 0.680. The number of carbonyl (C=O) groups is 1. The van der Waals surface area contributed by atoms with Crippen LogP contribution in [0.4, 0.5) is 4.79 Å². The van der Waals surface area contributed by atoms with Gasteiger partial charge in [-0.25, -0.2) is 4.79 Å². The lowest BCUT2D eigenvalue weighted by Gasteiger charge is -2.17. The van der Waals surface area contributed by atoms with Gasteiger partial charge in [0.15, 0.2) is 0 Å². The van der Waals surface area contributed by atoms with Gasteiger partial charge in [-0.1, -0.05) is 12.2 Å². The third-order valence-corrected chi connectivity index (χ3v) is 2.19. The maximum absolute atomic E-state index is 10.9. The van der Waals surface area contributed by atoms with Crippen molar-refractivity contribution in [1.29, 1.82) is 0 Å². The molecule has 0 spiro atoms. The smallest absolute Gasteiger partial charge is 0.407 e. The lowest BCUT2D eigenvalue weighted by atomic mass is 9.95. The normalized spacial score (nSPS) is 21.2. The standard InChI is InChI=1S/C10H17NO2/c1-2-13-10(12)11-8-9-6-4-3-5-7-9/h3-4,9H,2,5-8H2,1H3,(H,11,12)/t9-/m1/s1. The molecule has 1 amide bonds. The first kappa shape index (κ1) is 10.1. The van der Waals surface area contributed by atoms with Crippen LogP contribution in [0, 0.1) is 5.92 Å². The predicted octanol–water partition coefficient (Wildman–Crippen LogP) is 2.09. The first-order chi connectivity index (χ1) is 6.33. The summed E-state index contributed by atoms with van der Waals surface area (Å²) in [6.45, 7) is 2.99. The molecule has 1 aliphatic carbocycles. The van der Waals surface area contributed by atoms with Crippen LogP contribution in [-0.2, 0) is 4.74 Å². The zero-order valence-corrected chi connectivity index (χ0v) is 8.08. The summed E-state index contributed by atoms with van der Waals surface area (Å²) in [7, 11) is 0. The SMILES string of the molecule is CCOC(=O)NC[C@@H]1CC=CCC1. The van der Waals surface area contributed by atoms with Gasteiger partial charge in [0.25, 0.3) is 0 Å².